The molecule has 5 saturated heterocycles. The van der Waals surface area contributed by atoms with E-state index >= 15 is 8.78 Å². The van der Waals surface area contributed by atoms with Gasteiger partial charge in [0.25, 0.3) is 0 Å². The van der Waals surface area contributed by atoms with Crippen molar-refractivity contribution in [2.24, 2.45) is 5.92 Å². The van der Waals surface area contributed by atoms with E-state index in [1.165, 1.54) is 25.0 Å². The fourth-order valence-corrected chi connectivity index (χ4v) is 11.1. The van der Waals surface area contributed by atoms with E-state index in [1.807, 2.05) is 6.07 Å². The molecule has 2 aromatic heterocycles. The maximum Gasteiger partial charge on any atom is 0.319 e. The number of anilines is 2. The number of hydrogen-bond donors (Lipinski definition) is 2. The van der Waals surface area contributed by atoms with Gasteiger partial charge in [-0.3, -0.25) is 15.0 Å². The van der Waals surface area contributed by atoms with E-state index in [4.69, 9.17) is 27.1 Å². The molecule has 0 spiro atoms. The number of hydrogen-bond acceptors (Lipinski definition) is 10. The lowest BCUT2D eigenvalue weighted by molar-refractivity contribution is -0.133. The predicted molar refractivity (Wildman–Crippen MR) is 197 cm³/mol. The van der Waals surface area contributed by atoms with Crippen molar-refractivity contribution < 1.29 is 22.7 Å². The van der Waals surface area contributed by atoms with Crippen LogP contribution in [0.3, 0.4) is 0 Å². The van der Waals surface area contributed by atoms with E-state index in [0.717, 1.165) is 50.0 Å². The molecule has 10 nitrogen and oxygen atoms in total. The summed E-state index contributed by atoms with van der Waals surface area (Å²) in [6.07, 6.45) is 5.98. The monoisotopic (exact) mass is 762 g/mol. The van der Waals surface area contributed by atoms with Gasteiger partial charge in [0.15, 0.2) is 5.82 Å². The Bertz CT molecular complexity index is 2250. The molecule has 7 heterocycles. The van der Waals surface area contributed by atoms with Gasteiger partial charge in [0, 0.05) is 60.5 Å². The van der Waals surface area contributed by atoms with E-state index in [2.05, 4.69) is 25.0 Å². The van der Waals surface area contributed by atoms with Crippen molar-refractivity contribution in [2.75, 3.05) is 43.4 Å². The number of nitrogens with two attached hydrogens (primary N) is 1. The number of fused-ring (bicyclic) bond motifs is 5. The van der Waals surface area contributed by atoms with Gasteiger partial charge < -0.3 is 20.3 Å². The molecule has 1 amide bonds. The zero-order valence-electron chi connectivity index (χ0n) is 28.9. The highest BCUT2D eigenvalue weighted by Crippen LogP contribution is 2.47. The third-order valence-corrected chi connectivity index (χ3v) is 14.0. The summed E-state index contributed by atoms with van der Waals surface area (Å²) in [4.78, 5) is 29.7. The molecule has 3 N–H and O–H groups in total. The summed E-state index contributed by atoms with van der Waals surface area (Å²) < 4.78 is 53.4. The van der Waals surface area contributed by atoms with Gasteiger partial charge in [-0.2, -0.15) is 15.2 Å². The van der Waals surface area contributed by atoms with Gasteiger partial charge in [0.2, 0.25) is 5.91 Å². The number of carbonyl (C=O) groups excluding carboxylic acids is 1. The zero-order valence-corrected chi connectivity index (χ0v) is 30.5. The van der Waals surface area contributed by atoms with Crippen molar-refractivity contribution in [1.82, 2.24) is 25.1 Å². The van der Waals surface area contributed by atoms with Crippen LogP contribution in [-0.2, 0) is 4.79 Å². The quantitative estimate of drug-likeness (QED) is 0.212. The van der Waals surface area contributed by atoms with Gasteiger partial charge in [0.1, 0.15) is 47.0 Å². The molecule has 276 valence electrons. The second kappa shape index (κ2) is 12.3. The van der Waals surface area contributed by atoms with Gasteiger partial charge in [-0.1, -0.05) is 17.7 Å². The molecule has 2 unspecified atom stereocenters. The second-order valence-corrected chi connectivity index (χ2v) is 17.2. The summed E-state index contributed by atoms with van der Waals surface area (Å²) in [5.41, 5.74) is 5.82. The van der Waals surface area contributed by atoms with E-state index in [-0.39, 0.29) is 85.0 Å². The van der Waals surface area contributed by atoms with Crippen LogP contribution in [0.2, 0.25) is 5.02 Å². The molecule has 10 rings (SSSR count). The number of rotatable bonds is 7. The number of amides is 1. The van der Waals surface area contributed by atoms with Gasteiger partial charge in [-0.05, 0) is 75.1 Å². The van der Waals surface area contributed by atoms with Crippen LogP contribution in [0.15, 0.2) is 18.2 Å². The average Bonchev–Trinajstić information content (AvgIpc) is 4.00. The van der Waals surface area contributed by atoms with Crippen LogP contribution >= 0.6 is 22.9 Å². The summed E-state index contributed by atoms with van der Waals surface area (Å²) in [6, 6.07) is 6.47. The van der Waals surface area contributed by atoms with Crippen LogP contribution in [0.1, 0.15) is 56.9 Å². The highest BCUT2D eigenvalue weighted by Gasteiger charge is 2.55. The first kappa shape index (κ1) is 33.7. The summed E-state index contributed by atoms with van der Waals surface area (Å²) >= 11 is 7.88. The molecule has 1 aliphatic carbocycles. The number of ether oxygens (including phenoxy) is 1. The van der Waals surface area contributed by atoms with Crippen LogP contribution in [0.4, 0.5) is 24.0 Å². The first-order chi connectivity index (χ1) is 25.6. The Morgan fingerprint density at radius 1 is 1.15 bits per heavy atom. The molecular formula is C38H38ClF3N8O2S. The van der Waals surface area contributed by atoms with Gasteiger partial charge >= 0.3 is 6.01 Å². The Balaban J connectivity index is 1.07. The minimum Gasteiger partial charge on any atom is -0.461 e. The molecule has 1 saturated carbocycles. The normalized spacial score (nSPS) is 29.5. The highest BCUT2D eigenvalue weighted by atomic mass is 35.5. The molecule has 6 atom stereocenters. The molecule has 0 radical (unpaired) electrons. The first-order valence-electron chi connectivity index (χ1n) is 18.6. The number of alkyl halides is 1. The molecule has 6 fully saturated rings. The largest absolute Gasteiger partial charge is 0.461 e. The lowest BCUT2D eigenvalue weighted by Crippen LogP contribution is -2.46. The Kier molecular flexibility index (Phi) is 7.82. The van der Waals surface area contributed by atoms with Crippen molar-refractivity contribution in [3.8, 4) is 23.2 Å². The number of nitriles is 1. The van der Waals surface area contributed by atoms with Crippen molar-refractivity contribution in [3.05, 3.63) is 40.4 Å². The number of halogens is 4. The Morgan fingerprint density at radius 3 is 2.79 bits per heavy atom. The third kappa shape index (κ3) is 5.36. The molecule has 15 heteroatoms. The first-order valence-corrected chi connectivity index (χ1v) is 19.8. The van der Waals surface area contributed by atoms with Crippen LogP contribution < -0.4 is 20.7 Å². The van der Waals surface area contributed by atoms with E-state index in [9.17, 15) is 14.4 Å². The van der Waals surface area contributed by atoms with Crippen molar-refractivity contribution in [2.45, 2.75) is 87.2 Å². The summed E-state index contributed by atoms with van der Waals surface area (Å²) in [5, 5.41) is 14.1. The minimum atomic E-state index is -0.949. The number of nitrogen functional groups attached to an aromatic ring is 1. The summed E-state index contributed by atoms with van der Waals surface area (Å²) in [6.45, 7) is 2.37. The Hall–Kier alpha value is -3.90. The number of nitrogens with zero attached hydrogens (tertiary/aromatic N) is 6. The van der Waals surface area contributed by atoms with Crippen LogP contribution in [0.5, 0.6) is 6.01 Å². The smallest absolute Gasteiger partial charge is 0.319 e. The molecule has 6 aliphatic rings. The standard InChI is InChI=1S/C38H38ClF3N8O2S/c39-25-12-23-31(29(42)28(25)22-6-7-26(41)33-27(22)24(14-43)34(44)53-33)46-37(52-17-38-9-1-10-49(38)15-19(40)13-38)47-35(23)48-11-8-20-4-5-21(16-48)50(20)36(51)32-30(45-32)18-2-3-18/h6-7,12,18-21,30,32,45H,1-5,8-11,13,15-17,44H2/t19-,20?,21?,30+,32-,38+/m1/s1. The lowest BCUT2D eigenvalue weighted by atomic mass is 9.95. The van der Waals surface area contributed by atoms with Crippen LogP contribution in [0.25, 0.3) is 32.1 Å². The second-order valence-electron chi connectivity index (χ2n) is 15.8. The SMILES string of the molecule is N#Cc1c(N)sc2c(F)ccc(-c3c(Cl)cc4c(N5CCC6CCC(C5)N6C(=O)[C@@H]5N[C@H]5C5CC5)nc(OC[C@@]56CCCN5C[C@H](F)C6)nc4c3F)c12. The Morgan fingerprint density at radius 2 is 1.98 bits per heavy atom. The fraction of sp³-hybridized carbons (Fsp3) is 0.526. The van der Waals surface area contributed by atoms with Crippen molar-refractivity contribution >= 4 is 60.7 Å². The predicted octanol–water partition coefficient (Wildman–Crippen LogP) is 6.17. The molecule has 5 aliphatic heterocycles. The maximum absolute atomic E-state index is 17.2. The summed E-state index contributed by atoms with van der Waals surface area (Å²) in [7, 11) is 0. The molecule has 2 bridgehead atoms. The number of aromatic nitrogens is 2. The fourth-order valence-electron chi connectivity index (χ4n) is 9.90. The van der Waals surface area contributed by atoms with Gasteiger partial charge in [-0.25, -0.2) is 13.2 Å². The van der Waals surface area contributed by atoms with E-state index < -0.39 is 23.3 Å². The molecule has 53 heavy (non-hydrogen) atoms. The van der Waals surface area contributed by atoms with Crippen molar-refractivity contribution in [1.29, 1.82) is 5.26 Å². The minimum absolute atomic E-state index is 0.0367. The Labute approximate surface area is 313 Å². The third-order valence-electron chi connectivity index (χ3n) is 12.6. The van der Waals surface area contributed by atoms with Crippen LogP contribution in [-0.4, -0.2) is 94.3 Å². The molecular weight excluding hydrogens is 725 g/mol. The van der Waals surface area contributed by atoms with Crippen molar-refractivity contribution in [3.63, 3.8) is 0 Å². The lowest BCUT2D eigenvalue weighted by Gasteiger charge is -2.31. The number of benzene rings is 2. The van der Waals surface area contributed by atoms with Crippen LogP contribution in [0, 0.1) is 28.9 Å². The van der Waals surface area contributed by atoms with Gasteiger partial charge in [0.05, 0.1) is 20.8 Å². The number of nitrogens with one attached hydrogen (secondary N) is 1. The average molecular weight is 763 g/mol. The van der Waals surface area contributed by atoms with Gasteiger partial charge in [-0.15, -0.1) is 11.3 Å². The topological polar surface area (TPSA) is 134 Å². The van der Waals surface area contributed by atoms with E-state index in [1.54, 1.807) is 6.07 Å². The zero-order chi connectivity index (χ0) is 36.3. The summed E-state index contributed by atoms with van der Waals surface area (Å²) in [5.74, 6) is -0.134. The molecule has 4 aromatic rings. The molecule has 2 aromatic carbocycles. The maximum atomic E-state index is 17.2. The number of thiophene rings is 1. The highest BCUT2D eigenvalue weighted by molar-refractivity contribution is 7.23. The van der Waals surface area contributed by atoms with E-state index in [0.29, 0.717) is 43.2 Å². The number of carbonyl (C=O) groups is 1.